The Bertz CT molecular complexity index is 230. The maximum atomic E-state index is 5.67. The van der Waals surface area contributed by atoms with Gasteiger partial charge in [0.2, 0.25) is 0 Å². The van der Waals surface area contributed by atoms with Crippen LogP contribution in [0.2, 0.25) is 0 Å². The molecule has 4 heteroatoms. The fourth-order valence-corrected chi connectivity index (χ4v) is 3.36. The molecule has 3 heterocycles. The van der Waals surface area contributed by atoms with Crippen molar-refractivity contribution in [3.05, 3.63) is 0 Å². The van der Waals surface area contributed by atoms with E-state index in [2.05, 4.69) is 16.8 Å². The molecule has 3 rings (SSSR count). The summed E-state index contributed by atoms with van der Waals surface area (Å²) < 4.78 is 0. The van der Waals surface area contributed by atoms with Gasteiger partial charge in [0.25, 0.3) is 0 Å². The number of likely N-dealkylation sites (tertiary alicyclic amines) is 2. The van der Waals surface area contributed by atoms with Gasteiger partial charge in [0, 0.05) is 44.2 Å². The lowest BCUT2D eigenvalue weighted by atomic mass is 9.79. The molecule has 0 aliphatic carbocycles. The maximum Gasteiger partial charge on any atom is 0.0378 e. The summed E-state index contributed by atoms with van der Waals surface area (Å²) in [5.41, 5.74) is 0.657. The Morgan fingerprint density at radius 2 is 1.93 bits per heavy atom. The minimum Gasteiger partial charge on any atom is -0.305 e. The van der Waals surface area contributed by atoms with Crippen LogP contribution in [-0.2, 0) is 0 Å². The highest BCUT2D eigenvalue weighted by atomic mass is 15.5. The van der Waals surface area contributed by atoms with Crippen LogP contribution in [0, 0.1) is 5.41 Å². The molecule has 0 unspecified atom stereocenters. The standard InChI is InChI=1S/C10H20N4/c1-12-6-10(7-12)2-3-13(8-10)9-4-14(11)5-9/h9H,2-8,11H2,1H3. The van der Waals surface area contributed by atoms with Gasteiger partial charge in [0.05, 0.1) is 0 Å². The van der Waals surface area contributed by atoms with E-state index in [1.165, 1.54) is 32.6 Å². The fourth-order valence-electron chi connectivity index (χ4n) is 3.36. The summed E-state index contributed by atoms with van der Waals surface area (Å²) in [7, 11) is 2.22. The van der Waals surface area contributed by atoms with E-state index in [4.69, 9.17) is 5.84 Å². The molecule has 0 aromatic heterocycles. The van der Waals surface area contributed by atoms with Crippen LogP contribution in [0.1, 0.15) is 6.42 Å². The Labute approximate surface area is 85.6 Å². The normalized spacial score (nSPS) is 34.7. The van der Waals surface area contributed by atoms with Crippen molar-refractivity contribution < 1.29 is 0 Å². The number of hydrogen-bond donors (Lipinski definition) is 1. The number of rotatable bonds is 1. The van der Waals surface area contributed by atoms with Gasteiger partial charge >= 0.3 is 0 Å². The zero-order valence-electron chi connectivity index (χ0n) is 8.95. The molecule has 3 saturated heterocycles. The molecule has 3 fully saturated rings. The third-order valence-corrected chi connectivity index (χ3v) is 4.09. The molecule has 2 N–H and O–H groups in total. The summed E-state index contributed by atoms with van der Waals surface area (Å²) in [5, 5.41) is 1.92. The molecule has 0 aromatic carbocycles. The average molecular weight is 196 g/mol. The predicted octanol–water partition coefficient (Wildman–Crippen LogP) is -0.818. The van der Waals surface area contributed by atoms with Crippen LogP contribution in [0.3, 0.4) is 0 Å². The van der Waals surface area contributed by atoms with Crippen molar-refractivity contribution in [1.29, 1.82) is 0 Å². The summed E-state index contributed by atoms with van der Waals surface area (Å²) in [5.74, 6) is 5.67. The van der Waals surface area contributed by atoms with E-state index < -0.39 is 0 Å². The van der Waals surface area contributed by atoms with Gasteiger partial charge in [0.15, 0.2) is 0 Å². The summed E-state index contributed by atoms with van der Waals surface area (Å²) in [6.45, 7) is 7.38. The first-order valence-electron chi connectivity index (χ1n) is 5.59. The van der Waals surface area contributed by atoms with Crippen LogP contribution in [-0.4, -0.2) is 67.2 Å². The van der Waals surface area contributed by atoms with E-state index in [0.717, 1.165) is 19.1 Å². The Hall–Kier alpha value is -0.160. The van der Waals surface area contributed by atoms with Gasteiger partial charge in [-0.1, -0.05) is 0 Å². The van der Waals surface area contributed by atoms with E-state index in [-0.39, 0.29) is 0 Å². The van der Waals surface area contributed by atoms with E-state index in [9.17, 15) is 0 Å². The zero-order chi connectivity index (χ0) is 9.76. The number of nitrogens with zero attached hydrogens (tertiary/aromatic N) is 3. The molecule has 3 aliphatic rings. The maximum absolute atomic E-state index is 5.67. The molecule has 0 bridgehead atoms. The first-order chi connectivity index (χ1) is 6.67. The Kier molecular flexibility index (Phi) is 1.89. The lowest BCUT2D eigenvalue weighted by Crippen LogP contribution is -2.63. The number of hydrogen-bond acceptors (Lipinski definition) is 4. The SMILES string of the molecule is CN1CC2(CCN(C3CN(N)C3)C2)C1. The van der Waals surface area contributed by atoms with E-state index in [0.29, 0.717) is 5.41 Å². The molecular weight excluding hydrogens is 176 g/mol. The largest absolute Gasteiger partial charge is 0.305 e. The van der Waals surface area contributed by atoms with E-state index in [1.54, 1.807) is 0 Å². The van der Waals surface area contributed by atoms with Gasteiger partial charge in [-0.15, -0.1) is 0 Å². The van der Waals surface area contributed by atoms with Gasteiger partial charge in [-0.05, 0) is 20.0 Å². The molecule has 0 aromatic rings. The quantitative estimate of drug-likeness (QED) is 0.556. The molecule has 0 amide bonds. The van der Waals surface area contributed by atoms with Crippen LogP contribution in [0.4, 0.5) is 0 Å². The number of nitrogens with two attached hydrogens (primary N) is 1. The highest BCUT2D eigenvalue weighted by Crippen LogP contribution is 2.39. The first-order valence-corrected chi connectivity index (χ1v) is 5.59. The van der Waals surface area contributed by atoms with Crippen molar-refractivity contribution in [3.63, 3.8) is 0 Å². The highest BCUT2D eigenvalue weighted by Gasteiger charge is 2.48. The summed E-state index contributed by atoms with van der Waals surface area (Å²) in [6, 6.07) is 0.755. The van der Waals surface area contributed by atoms with Crippen LogP contribution >= 0.6 is 0 Å². The van der Waals surface area contributed by atoms with Crippen LogP contribution in [0.25, 0.3) is 0 Å². The lowest BCUT2D eigenvalue weighted by Gasteiger charge is -2.48. The van der Waals surface area contributed by atoms with Crippen LogP contribution < -0.4 is 5.84 Å². The third-order valence-electron chi connectivity index (χ3n) is 4.09. The van der Waals surface area contributed by atoms with Gasteiger partial charge < -0.3 is 4.90 Å². The van der Waals surface area contributed by atoms with Crippen LogP contribution in [0.15, 0.2) is 0 Å². The van der Waals surface area contributed by atoms with Gasteiger partial charge in [0.1, 0.15) is 0 Å². The second-order valence-corrected chi connectivity index (χ2v) is 5.50. The molecule has 0 radical (unpaired) electrons. The van der Waals surface area contributed by atoms with Gasteiger partial charge in [-0.25, -0.2) is 5.01 Å². The summed E-state index contributed by atoms with van der Waals surface area (Å²) in [4.78, 5) is 5.08. The molecule has 80 valence electrons. The Balaban J connectivity index is 1.55. The van der Waals surface area contributed by atoms with Crippen molar-refractivity contribution in [3.8, 4) is 0 Å². The van der Waals surface area contributed by atoms with Crippen molar-refractivity contribution in [1.82, 2.24) is 14.8 Å². The molecular formula is C10H20N4. The molecule has 14 heavy (non-hydrogen) atoms. The second-order valence-electron chi connectivity index (χ2n) is 5.50. The molecule has 4 nitrogen and oxygen atoms in total. The average Bonchev–Trinajstić information content (AvgIpc) is 2.43. The second kappa shape index (κ2) is 2.92. The van der Waals surface area contributed by atoms with Crippen molar-refractivity contribution in [2.45, 2.75) is 12.5 Å². The van der Waals surface area contributed by atoms with Crippen LogP contribution in [0.5, 0.6) is 0 Å². The summed E-state index contributed by atoms with van der Waals surface area (Å²) >= 11 is 0. The Morgan fingerprint density at radius 1 is 1.21 bits per heavy atom. The van der Waals surface area contributed by atoms with Gasteiger partial charge in [-0.2, -0.15) is 0 Å². The van der Waals surface area contributed by atoms with E-state index in [1.807, 2.05) is 5.01 Å². The minimum absolute atomic E-state index is 0.657. The topological polar surface area (TPSA) is 35.7 Å². The van der Waals surface area contributed by atoms with Crippen molar-refractivity contribution in [2.75, 3.05) is 46.3 Å². The molecule has 1 spiro atoms. The zero-order valence-corrected chi connectivity index (χ0v) is 8.95. The highest BCUT2D eigenvalue weighted by molar-refractivity contribution is 5.03. The van der Waals surface area contributed by atoms with Gasteiger partial charge in [-0.3, -0.25) is 10.7 Å². The van der Waals surface area contributed by atoms with Crippen molar-refractivity contribution in [2.24, 2.45) is 11.3 Å². The lowest BCUT2D eigenvalue weighted by molar-refractivity contribution is 0.00271. The molecule has 3 aliphatic heterocycles. The predicted molar refractivity (Wildman–Crippen MR) is 55.7 cm³/mol. The van der Waals surface area contributed by atoms with Crippen molar-refractivity contribution >= 4 is 0 Å². The summed E-state index contributed by atoms with van der Waals surface area (Å²) in [6.07, 6.45) is 1.40. The molecule has 0 saturated carbocycles. The monoisotopic (exact) mass is 196 g/mol. The minimum atomic E-state index is 0.657. The molecule has 0 atom stereocenters. The van der Waals surface area contributed by atoms with E-state index >= 15 is 0 Å². The smallest absolute Gasteiger partial charge is 0.0378 e. The first kappa shape index (κ1) is 9.09. The number of hydrazine groups is 1. The fraction of sp³-hybridized carbons (Fsp3) is 1.00. The third kappa shape index (κ3) is 1.29. The Morgan fingerprint density at radius 3 is 2.50 bits per heavy atom.